The first kappa shape index (κ1) is 16.9. The molecule has 0 unspecified atom stereocenters. The summed E-state index contributed by atoms with van der Waals surface area (Å²) < 4.78 is 10.8. The van der Waals surface area contributed by atoms with Crippen molar-refractivity contribution >= 4 is 11.8 Å². The van der Waals surface area contributed by atoms with E-state index in [1.54, 1.807) is 0 Å². The van der Waals surface area contributed by atoms with E-state index in [-0.39, 0.29) is 18.4 Å². The third-order valence-corrected chi connectivity index (χ3v) is 4.26. The quantitative estimate of drug-likeness (QED) is 0.773. The third kappa shape index (κ3) is 4.31. The van der Waals surface area contributed by atoms with Gasteiger partial charge in [-0.15, -0.1) is 0 Å². The Labute approximate surface area is 141 Å². The number of morpholine rings is 2. The molecule has 2 fully saturated rings. The summed E-state index contributed by atoms with van der Waals surface area (Å²) in [4.78, 5) is 26.4. The Morgan fingerprint density at radius 1 is 1.25 bits per heavy atom. The van der Waals surface area contributed by atoms with Gasteiger partial charge >= 0.3 is 0 Å². The minimum absolute atomic E-state index is 0.0924. The number of ether oxygens (including phenoxy) is 2. The Kier molecular flexibility index (Phi) is 5.79. The van der Waals surface area contributed by atoms with Gasteiger partial charge in [0.15, 0.2) is 6.10 Å². The molecule has 0 spiro atoms. The van der Waals surface area contributed by atoms with Crippen LogP contribution in [0.3, 0.4) is 0 Å². The van der Waals surface area contributed by atoms with Gasteiger partial charge in [-0.2, -0.15) is 0 Å². The van der Waals surface area contributed by atoms with E-state index in [4.69, 9.17) is 9.47 Å². The predicted octanol–water partition coefficient (Wildman–Crippen LogP) is -0.309. The van der Waals surface area contributed by atoms with Gasteiger partial charge in [0, 0.05) is 26.2 Å². The van der Waals surface area contributed by atoms with Crippen molar-refractivity contribution in [2.75, 3.05) is 46.0 Å². The van der Waals surface area contributed by atoms with Gasteiger partial charge in [0.2, 0.25) is 5.91 Å². The van der Waals surface area contributed by atoms with Crippen LogP contribution in [0.4, 0.5) is 0 Å². The normalized spacial score (nSPS) is 25.1. The molecule has 2 atom stereocenters. The largest absolute Gasteiger partial charge is 0.379 e. The van der Waals surface area contributed by atoms with Crippen LogP contribution >= 0.6 is 0 Å². The van der Waals surface area contributed by atoms with Gasteiger partial charge in [-0.05, 0) is 5.56 Å². The van der Waals surface area contributed by atoms with Crippen LogP contribution in [0.2, 0.25) is 0 Å². The maximum Gasteiger partial charge on any atom is 0.251 e. The first-order chi connectivity index (χ1) is 11.7. The Morgan fingerprint density at radius 2 is 2.00 bits per heavy atom. The second-order valence-electron chi connectivity index (χ2n) is 5.93. The second kappa shape index (κ2) is 8.23. The first-order valence-corrected chi connectivity index (χ1v) is 8.28. The molecule has 24 heavy (non-hydrogen) atoms. The van der Waals surface area contributed by atoms with Crippen LogP contribution in [0.1, 0.15) is 11.6 Å². The van der Waals surface area contributed by atoms with Crippen LogP contribution in [-0.2, 0) is 19.1 Å². The van der Waals surface area contributed by atoms with Gasteiger partial charge in [0.1, 0.15) is 6.61 Å². The van der Waals surface area contributed by atoms with Crippen molar-refractivity contribution in [2.24, 2.45) is 0 Å². The van der Waals surface area contributed by atoms with E-state index < -0.39 is 12.1 Å². The molecule has 7 nitrogen and oxygen atoms in total. The fraction of sp³-hybridized carbons (Fsp3) is 0.529. The molecule has 2 heterocycles. The van der Waals surface area contributed by atoms with Gasteiger partial charge in [-0.25, -0.2) is 0 Å². The molecule has 7 heteroatoms. The second-order valence-corrected chi connectivity index (χ2v) is 5.93. The van der Waals surface area contributed by atoms with Crippen molar-refractivity contribution in [2.45, 2.75) is 12.1 Å². The van der Waals surface area contributed by atoms with Gasteiger partial charge in [-0.3, -0.25) is 14.5 Å². The third-order valence-electron chi connectivity index (χ3n) is 4.26. The van der Waals surface area contributed by atoms with E-state index in [2.05, 4.69) is 15.5 Å². The highest BCUT2D eigenvalue weighted by Crippen LogP contribution is 2.22. The van der Waals surface area contributed by atoms with Crippen LogP contribution in [0, 0.1) is 0 Å². The molecule has 130 valence electrons. The standard InChI is InChI=1S/C17H23N3O4/c21-14-12-24-16(15(19-14)13-4-2-1-3-5-13)17(22)18-6-7-20-8-10-23-11-9-20/h1-5,15-16H,6-12H2,(H,18,22)(H,19,21)/t15-,16+/m1/s1. The molecule has 2 N–H and O–H groups in total. The van der Waals surface area contributed by atoms with Crippen LogP contribution in [0.5, 0.6) is 0 Å². The molecular formula is C17H23N3O4. The lowest BCUT2D eigenvalue weighted by molar-refractivity contribution is -0.148. The van der Waals surface area contributed by atoms with Crippen LogP contribution in [-0.4, -0.2) is 68.8 Å². The van der Waals surface area contributed by atoms with Crippen molar-refractivity contribution in [3.8, 4) is 0 Å². The van der Waals surface area contributed by atoms with Gasteiger partial charge in [-0.1, -0.05) is 30.3 Å². The average Bonchev–Trinajstić information content (AvgIpc) is 2.63. The predicted molar refractivity (Wildman–Crippen MR) is 87.3 cm³/mol. The molecule has 0 aromatic heterocycles. The molecule has 0 saturated carbocycles. The van der Waals surface area contributed by atoms with Crippen LogP contribution < -0.4 is 10.6 Å². The smallest absolute Gasteiger partial charge is 0.251 e. The highest BCUT2D eigenvalue weighted by Gasteiger charge is 2.35. The van der Waals surface area contributed by atoms with Crippen molar-refractivity contribution in [3.63, 3.8) is 0 Å². The van der Waals surface area contributed by atoms with Gasteiger partial charge in [0.05, 0.1) is 19.3 Å². The summed E-state index contributed by atoms with van der Waals surface area (Å²) in [7, 11) is 0. The topological polar surface area (TPSA) is 79.9 Å². The highest BCUT2D eigenvalue weighted by atomic mass is 16.5. The molecule has 1 aromatic rings. The minimum atomic E-state index is -0.713. The Bertz CT molecular complexity index is 560. The lowest BCUT2D eigenvalue weighted by Gasteiger charge is -2.32. The number of amides is 2. The molecule has 1 aromatic carbocycles. The summed E-state index contributed by atoms with van der Waals surface area (Å²) in [5.41, 5.74) is 0.860. The van der Waals surface area contributed by atoms with Crippen molar-refractivity contribution in [1.29, 1.82) is 0 Å². The van der Waals surface area contributed by atoms with Crippen LogP contribution in [0.25, 0.3) is 0 Å². The number of nitrogens with zero attached hydrogens (tertiary/aromatic N) is 1. The maximum absolute atomic E-state index is 12.5. The van der Waals surface area contributed by atoms with Crippen molar-refractivity contribution < 1.29 is 19.1 Å². The van der Waals surface area contributed by atoms with Gasteiger partial charge < -0.3 is 20.1 Å². The number of rotatable bonds is 5. The number of carbonyl (C=O) groups is 2. The zero-order valence-electron chi connectivity index (χ0n) is 13.6. The molecule has 0 radical (unpaired) electrons. The SMILES string of the molecule is O=C1CO[C@H](C(=O)NCCN2CCOCC2)[C@@H](c2ccccc2)N1. The summed E-state index contributed by atoms with van der Waals surface area (Å²) in [5, 5.41) is 5.77. The lowest BCUT2D eigenvalue weighted by Crippen LogP contribution is -2.53. The highest BCUT2D eigenvalue weighted by molar-refractivity contribution is 5.86. The molecule has 2 aliphatic rings. The number of hydrogen-bond acceptors (Lipinski definition) is 5. The van der Waals surface area contributed by atoms with E-state index in [0.29, 0.717) is 6.54 Å². The molecule has 0 aliphatic carbocycles. The maximum atomic E-state index is 12.5. The number of nitrogens with one attached hydrogen (secondary N) is 2. The Balaban J connectivity index is 1.56. The van der Waals surface area contributed by atoms with E-state index in [1.165, 1.54) is 0 Å². The summed E-state index contributed by atoms with van der Waals surface area (Å²) >= 11 is 0. The molecular weight excluding hydrogens is 310 g/mol. The van der Waals surface area contributed by atoms with Gasteiger partial charge in [0.25, 0.3) is 5.91 Å². The van der Waals surface area contributed by atoms with Crippen molar-refractivity contribution in [1.82, 2.24) is 15.5 Å². The number of benzene rings is 1. The average molecular weight is 333 g/mol. The molecule has 2 aliphatic heterocycles. The lowest BCUT2D eigenvalue weighted by atomic mass is 9.99. The zero-order valence-corrected chi connectivity index (χ0v) is 13.6. The Morgan fingerprint density at radius 3 is 2.75 bits per heavy atom. The molecule has 2 saturated heterocycles. The molecule has 3 rings (SSSR count). The van der Waals surface area contributed by atoms with E-state index in [1.807, 2.05) is 30.3 Å². The van der Waals surface area contributed by atoms with E-state index >= 15 is 0 Å². The zero-order chi connectivity index (χ0) is 16.8. The summed E-state index contributed by atoms with van der Waals surface area (Å²) in [6.45, 7) is 4.49. The van der Waals surface area contributed by atoms with E-state index in [9.17, 15) is 9.59 Å². The summed E-state index contributed by atoms with van der Waals surface area (Å²) in [5.74, 6) is -0.404. The summed E-state index contributed by atoms with van der Waals surface area (Å²) in [6.07, 6.45) is -0.713. The van der Waals surface area contributed by atoms with Crippen LogP contribution in [0.15, 0.2) is 30.3 Å². The molecule has 0 bridgehead atoms. The van der Waals surface area contributed by atoms with E-state index in [0.717, 1.165) is 38.4 Å². The van der Waals surface area contributed by atoms with Crippen molar-refractivity contribution in [3.05, 3.63) is 35.9 Å². The summed E-state index contributed by atoms with van der Waals surface area (Å²) in [6, 6.07) is 8.96. The first-order valence-electron chi connectivity index (χ1n) is 8.28. The monoisotopic (exact) mass is 333 g/mol. The fourth-order valence-electron chi connectivity index (χ4n) is 2.96. The minimum Gasteiger partial charge on any atom is -0.379 e. The number of carbonyl (C=O) groups excluding carboxylic acids is 2. The fourth-order valence-corrected chi connectivity index (χ4v) is 2.96. The number of hydrogen-bond donors (Lipinski definition) is 2. The molecule has 2 amide bonds. The Hall–Kier alpha value is -1.96.